The fourth-order valence-electron chi connectivity index (χ4n) is 4.80. The van der Waals surface area contributed by atoms with E-state index in [0.29, 0.717) is 29.6 Å². The van der Waals surface area contributed by atoms with E-state index >= 15 is 0 Å². The molecule has 1 fully saturated rings. The van der Waals surface area contributed by atoms with Crippen molar-refractivity contribution in [1.82, 2.24) is 14.8 Å². The molecule has 2 atom stereocenters. The van der Waals surface area contributed by atoms with Gasteiger partial charge in [0, 0.05) is 29.6 Å². The maximum atomic E-state index is 13.3. The van der Waals surface area contributed by atoms with Gasteiger partial charge in [-0.2, -0.15) is 0 Å². The fraction of sp³-hybridized carbons (Fsp3) is 0.250. The quantitative estimate of drug-likeness (QED) is 0.490. The largest absolute Gasteiger partial charge is 0.493 e. The highest BCUT2D eigenvalue weighted by molar-refractivity contribution is 7.80. The second kappa shape index (κ2) is 7.42. The van der Waals surface area contributed by atoms with Gasteiger partial charge >= 0.3 is 0 Å². The third-order valence-electron chi connectivity index (χ3n) is 6.17. The van der Waals surface area contributed by atoms with Crippen molar-refractivity contribution in [2.45, 2.75) is 18.5 Å². The van der Waals surface area contributed by atoms with Crippen LogP contribution < -0.4 is 9.47 Å². The number of aromatic nitrogens is 1. The fourth-order valence-corrected chi connectivity index (χ4v) is 5.19. The molecule has 2 aliphatic rings. The number of amides is 1. The molecule has 1 saturated heterocycles. The highest BCUT2D eigenvalue weighted by atomic mass is 32.1. The van der Waals surface area contributed by atoms with Crippen LogP contribution in [0.15, 0.2) is 55.1 Å². The van der Waals surface area contributed by atoms with Gasteiger partial charge in [-0.25, -0.2) is 0 Å². The van der Waals surface area contributed by atoms with Gasteiger partial charge < -0.3 is 19.4 Å². The lowest BCUT2D eigenvalue weighted by Gasteiger charge is -2.37. The molecule has 1 amide bonds. The number of hydrogen-bond acceptors (Lipinski definition) is 4. The molecule has 5 rings (SSSR count). The van der Waals surface area contributed by atoms with Crippen LogP contribution in [0.2, 0.25) is 0 Å². The number of nitrogens with one attached hydrogen (secondary N) is 1. The summed E-state index contributed by atoms with van der Waals surface area (Å²) in [5.41, 5.74) is 4.25. The molecule has 31 heavy (non-hydrogen) atoms. The van der Waals surface area contributed by atoms with E-state index in [1.54, 1.807) is 25.2 Å². The number of carbonyl (C=O) groups excluding carboxylic acids is 1. The number of aromatic amines is 1. The molecule has 158 valence electrons. The smallest absolute Gasteiger partial charge is 0.252 e. The first-order valence-electron chi connectivity index (χ1n) is 10.1. The van der Waals surface area contributed by atoms with Crippen molar-refractivity contribution < 1.29 is 14.3 Å². The molecule has 0 saturated carbocycles. The Labute approximate surface area is 186 Å². The zero-order chi connectivity index (χ0) is 21.7. The molecule has 0 spiro atoms. The van der Waals surface area contributed by atoms with E-state index in [-0.39, 0.29) is 18.0 Å². The average Bonchev–Trinajstić information content (AvgIpc) is 3.28. The Balaban J connectivity index is 1.73. The van der Waals surface area contributed by atoms with Crippen molar-refractivity contribution in [3.05, 3.63) is 71.9 Å². The molecule has 3 heterocycles. The molecule has 7 heteroatoms. The summed E-state index contributed by atoms with van der Waals surface area (Å²) in [5.74, 6) is 1.31. The van der Waals surface area contributed by atoms with Gasteiger partial charge in [0.1, 0.15) is 6.04 Å². The Bertz CT molecular complexity index is 1220. The number of para-hydroxylation sites is 1. The lowest BCUT2D eigenvalue weighted by atomic mass is 9.89. The van der Waals surface area contributed by atoms with Crippen LogP contribution in [0.25, 0.3) is 10.9 Å². The van der Waals surface area contributed by atoms with Gasteiger partial charge in [0.25, 0.3) is 5.91 Å². The molecule has 3 aromatic rings. The van der Waals surface area contributed by atoms with Crippen molar-refractivity contribution in [3.8, 4) is 11.5 Å². The first-order chi connectivity index (χ1) is 15.1. The summed E-state index contributed by atoms with van der Waals surface area (Å²) in [6.07, 6.45) is 2.32. The Kier molecular flexibility index (Phi) is 4.70. The van der Waals surface area contributed by atoms with E-state index in [1.165, 1.54) is 0 Å². The minimum atomic E-state index is -0.350. The minimum absolute atomic E-state index is 0.0197. The summed E-state index contributed by atoms with van der Waals surface area (Å²) in [6.45, 7) is 4.19. The van der Waals surface area contributed by atoms with Crippen molar-refractivity contribution in [1.29, 1.82) is 0 Å². The zero-order valence-electron chi connectivity index (χ0n) is 17.4. The predicted molar refractivity (Wildman–Crippen MR) is 124 cm³/mol. The Morgan fingerprint density at radius 3 is 2.71 bits per heavy atom. The molecule has 0 radical (unpaired) electrons. The molecule has 1 aromatic heterocycles. The summed E-state index contributed by atoms with van der Waals surface area (Å²) in [7, 11) is 3.24. The van der Waals surface area contributed by atoms with Gasteiger partial charge in [-0.05, 0) is 41.5 Å². The number of carbonyl (C=O) groups is 1. The number of nitrogens with zero attached hydrogens (tertiary/aromatic N) is 2. The van der Waals surface area contributed by atoms with Gasteiger partial charge in [-0.1, -0.05) is 30.3 Å². The SMILES string of the molecule is C=CCN1C(=O)[C@H]2Cc3c([nH]c4ccccc34)[C@@H](c3ccc(OC)c(OC)c3)N2C1=S. The normalized spacial score (nSPS) is 20.1. The summed E-state index contributed by atoms with van der Waals surface area (Å²) in [6, 6.07) is 13.5. The molecule has 2 aromatic carbocycles. The van der Waals surface area contributed by atoms with Crippen LogP contribution in [0.1, 0.15) is 22.9 Å². The van der Waals surface area contributed by atoms with Crippen LogP contribution in [-0.4, -0.2) is 52.6 Å². The molecular formula is C24H23N3O3S. The standard InChI is InChI=1S/C24H23N3O3S/c1-4-11-26-23(28)18-13-16-15-7-5-6-8-17(15)25-21(16)22(27(18)24(26)31)14-9-10-19(29-2)20(12-14)30-3/h4-10,12,18,22,25H,1,11,13H2,2-3H3/t18-,22-/m1/s1. The van der Waals surface area contributed by atoms with E-state index in [4.69, 9.17) is 21.7 Å². The van der Waals surface area contributed by atoms with Crippen LogP contribution in [0.4, 0.5) is 0 Å². The van der Waals surface area contributed by atoms with Gasteiger partial charge in [-0.3, -0.25) is 9.69 Å². The number of ether oxygens (including phenoxy) is 2. The number of benzene rings is 2. The highest BCUT2D eigenvalue weighted by Crippen LogP contribution is 2.45. The third-order valence-corrected chi connectivity index (χ3v) is 6.60. The number of thiocarbonyl (C=S) groups is 1. The van der Waals surface area contributed by atoms with Crippen molar-refractivity contribution in [2.24, 2.45) is 0 Å². The van der Waals surface area contributed by atoms with Crippen molar-refractivity contribution >= 4 is 34.1 Å². The minimum Gasteiger partial charge on any atom is -0.493 e. The number of fused-ring (bicyclic) bond motifs is 4. The van der Waals surface area contributed by atoms with E-state index in [9.17, 15) is 4.79 Å². The first kappa shape index (κ1) is 19.6. The van der Waals surface area contributed by atoms with Crippen LogP contribution in [-0.2, 0) is 11.2 Å². The Hall–Kier alpha value is -3.32. The van der Waals surface area contributed by atoms with Gasteiger partial charge in [0.15, 0.2) is 16.6 Å². The van der Waals surface area contributed by atoms with E-state index in [1.807, 2.05) is 30.3 Å². The monoisotopic (exact) mass is 433 g/mol. The van der Waals surface area contributed by atoms with Crippen LogP contribution in [0.5, 0.6) is 11.5 Å². The Morgan fingerprint density at radius 1 is 1.19 bits per heavy atom. The molecule has 2 aliphatic heterocycles. The number of methoxy groups -OCH3 is 2. The van der Waals surface area contributed by atoms with Crippen LogP contribution in [0.3, 0.4) is 0 Å². The van der Waals surface area contributed by atoms with Gasteiger partial charge in [0.05, 0.1) is 20.3 Å². The van der Waals surface area contributed by atoms with Crippen LogP contribution >= 0.6 is 12.2 Å². The third kappa shape index (κ3) is 2.84. The number of H-pyrrole nitrogens is 1. The van der Waals surface area contributed by atoms with Crippen molar-refractivity contribution in [2.75, 3.05) is 20.8 Å². The number of rotatable bonds is 5. The van der Waals surface area contributed by atoms with Gasteiger partial charge in [-0.15, -0.1) is 6.58 Å². The maximum absolute atomic E-state index is 13.3. The van der Waals surface area contributed by atoms with Crippen molar-refractivity contribution in [3.63, 3.8) is 0 Å². The summed E-state index contributed by atoms with van der Waals surface area (Å²) in [5, 5.41) is 1.67. The van der Waals surface area contributed by atoms with E-state index in [2.05, 4.69) is 28.6 Å². The molecule has 6 nitrogen and oxygen atoms in total. The molecular weight excluding hydrogens is 410 g/mol. The summed E-state index contributed by atoms with van der Waals surface area (Å²) < 4.78 is 11.0. The average molecular weight is 434 g/mol. The summed E-state index contributed by atoms with van der Waals surface area (Å²) >= 11 is 5.79. The lowest BCUT2D eigenvalue weighted by Crippen LogP contribution is -2.44. The molecule has 1 N–H and O–H groups in total. The highest BCUT2D eigenvalue weighted by Gasteiger charge is 2.50. The summed E-state index contributed by atoms with van der Waals surface area (Å²) in [4.78, 5) is 20.6. The molecule has 0 bridgehead atoms. The second-order valence-electron chi connectivity index (χ2n) is 7.73. The predicted octanol–water partition coefficient (Wildman–Crippen LogP) is 3.81. The first-order valence-corrected chi connectivity index (χ1v) is 10.6. The van der Waals surface area contributed by atoms with Gasteiger partial charge in [0.2, 0.25) is 0 Å². The molecule has 0 aliphatic carbocycles. The second-order valence-corrected chi connectivity index (χ2v) is 8.09. The number of hydrogen-bond donors (Lipinski definition) is 1. The van der Waals surface area contributed by atoms with E-state index < -0.39 is 0 Å². The Morgan fingerprint density at radius 2 is 1.97 bits per heavy atom. The van der Waals surface area contributed by atoms with E-state index in [0.717, 1.165) is 27.7 Å². The zero-order valence-corrected chi connectivity index (χ0v) is 18.2. The maximum Gasteiger partial charge on any atom is 0.252 e. The lowest BCUT2D eigenvalue weighted by molar-refractivity contribution is -0.128. The topological polar surface area (TPSA) is 57.8 Å². The van der Waals surface area contributed by atoms with Crippen LogP contribution in [0, 0.1) is 0 Å². The molecule has 0 unspecified atom stereocenters.